The third-order valence-corrected chi connectivity index (χ3v) is 4.72. The number of para-hydroxylation sites is 1. The zero-order valence-electron chi connectivity index (χ0n) is 18.3. The number of amides is 1. The van der Waals surface area contributed by atoms with E-state index in [0.29, 0.717) is 13.1 Å². The van der Waals surface area contributed by atoms with Gasteiger partial charge in [0.2, 0.25) is 0 Å². The van der Waals surface area contributed by atoms with Gasteiger partial charge in [0.05, 0.1) is 24.6 Å². The molecule has 2 heterocycles. The molecule has 2 aromatic rings. The number of aliphatic imine (C=N–C) groups is 1. The summed E-state index contributed by atoms with van der Waals surface area (Å²) < 4.78 is 7.37. The lowest BCUT2D eigenvalue weighted by molar-refractivity contribution is 0.0507. The van der Waals surface area contributed by atoms with Crippen molar-refractivity contribution in [3.8, 4) is 5.69 Å². The number of hydrogen-bond acceptors (Lipinski definition) is 4. The number of carbonyl (C=O) groups excluding carboxylic acids is 1. The largest absolute Gasteiger partial charge is 0.444 e. The van der Waals surface area contributed by atoms with Crippen molar-refractivity contribution in [3.05, 3.63) is 48.5 Å². The number of ether oxygens (including phenoxy) is 1. The second kappa shape index (κ2) is 9.65. The summed E-state index contributed by atoms with van der Waals surface area (Å²) in [4.78, 5) is 23.3. The average Bonchev–Trinajstić information content (AvgIpc) is 3.36. The highest BCUT2D eigenvalue weighted by atomic mass is 16.6. The van der Waals surface area contributed by atoms with Crippen LogP contribution in [0.5, 0.6) is 0 Å². The quantitative estimate of drug-likeness (QED) is 0.583. The van der Waals surface area contributed by atoms with Crippen molar-refractivity contribution in [2.75, 3.05) is 19.6 Å². The highest BCUT2D eigenvalue weighted by molar-refractivity contribution is 5.80. The lowest BCUT2D eigenvalue weighted by atomic mass is 10.2. The predicted molar refractivity (Wildman–Crippen MR) is 118 cm³/mol. The monoisotopic (exact) mass is 412 g/mol. The van der Waals surface area contributed by atoms with E-state index >= 15 is 0 Å². The standard InChI is InChI=1S/C22H32N6O2/c1-5-24-20(27-12-10-18(15-27)26-21(29)30-22(2,3)4)25-14-17-8-6-7-9-19(17)28-13-11-23-16-28/h6-9,11,13,16,18H,5,10,12,14-15H2,1-4H3,(H,24,25)(H,26,29). The van der Waals surface area contributed by atoms with Crippen LogP contribution >= 0.6 is 0 Å². The van der Waals surface area contributed by atoms with Crippen molar-refractivity contribution < 1.29 is 9.53 Å². The Morgan fingerprint density at radius 2 is 2.13 bits per heavy atom. The van der Waals surface area contributed by atoms with Crippen LogP contribution in [-0.2, 0) is 11.3 Å². The molecule has 0 radical (unpaired) electrons. The van der Waals surface area contributed by atoms with E-state index in [0.717, 1.165) is 36.7 Å². The molecule has 162 valence electrons. The highest BCUT2D eigenvalue weighted by Crippen LogP contribution is 2.16. The smallest absolute Gasteiger partial charge is 0.407 e. The predicted octanol–water partition coefficient (Wildman–Crippen LogP) is 2.94. The Bertz CT molecular complexity index is 857. The first-order valence-corrected chi connectivity index (χ1v) is 10.4. The Morgan fingerprint density at radius 1 is 1.33 bits per heavy atom. The van der Waals surface area contributed by atoms with Crippen molar-refractivity contribution in [3.63, 3.8) is 0 Å². The van der Waals surface area contributed by atoms with Gasteiger partial charge in [-0.25, -0.2) is 14.8 Å². The van der Waals surface area contributed by atoms with Gasteiger partial charge in [-0.2, -0.15) is 0 Å². The number of alkyl carbamates (subject to hydrolysis) is 1. The van der Waals surface area contributed by atoms with Crippen LogP contribution in [0.25, 0.3) is 5.69 Å². The molecule has 1 aromatic carbocycles. The molecule has 0 spiro atoms. The molecular weight excluding hydrogens is 380 g/mol. The Kier molecular flexibility index (Phi) is 6.97. The fraction of sp³-hybridized carbons (Fsp3) is 0.500. The summed E-state index contributed by atoms with van der Waals surface area (Å²) in [7, 11) is 0. The summed E-state index contributed by atoms with van der Waals surface area (Å²) in [6.45, 7) is 10.5. The first-order valence-electron chi connectivity index (χ1n) is 10.4. The van der Waals surface area contributed by atoms with Gasteiger partial charge in [0, 0.05) is 32.0 Å². The number of benzene rings is 1. The molecule has 0 saturated carbocycles. The lowest BCUT2D eigenvalue weighted by Gasteiger charge is -2.23. The van der Waals surface area contributed by atoms with E-state index in [4.69, 9.17) is 9.73 Å². The van der Waals surface area contributed by atoms with E-state index in [2.05, 4.69) is 39.6 Å². The molecule has 1 saturated heterocycles. The van der Waals surface area contributed by atoms with Crippen LogP contribution in [0.15, 0.2) is 48.0 Å². The van der Waals surface area contributed by atoms with Gasteiger partial charge >= 0.3 is 6.09 Å². The van der Waals surface area contributed by atoms with Gasteiger partial charge < -0.3 is 24.8 Å². The average molecular weight is 413 g/mol. The minimum absolute atomic E-state index is 0.0435. The molecule has 30 heavy (non-hydrogen) atoms. The molecule has 2 N–H and O–H groups in total. The van der Waals surface area contributed by atoms with E-state index in [-0.39, 0.29) is 12.1 Å². The van der Waals surface area contributed by atoms with Crippen LogP contribution in [0.4, 0.5) is 4.79 Å². The van der Waals surface area contributed by atoms with Crippen LogP contribution in [0.2, 0.25) is 0 Å². The molecule has 8 heteroatoms. The van der Waals surface area contributed by atoms with Crippen molar-refractivity contribution >= 4 is 12.1 Å². The molecule has 1 unspecified atom stereocenters. The number of imidazole rings is 1. The Balaban J connectivity index is 1.66. The van der Waals surface area contributed by atoms with Crippen molar-refractivity contribution in [2.45, 2.75) is 52.3 Å². The molecule has 1 atom stereocenters. The molecule has 1 amide bonds. The van der Waals surface area contributed by atoms with Gasteiger partial charge in [0.1, 0.15) is 5.60 Å². The van der Waals surface area contributed by atoms with Gasteiger partial charge in [-0.3, -0.25) is 0 Å². The van der Waals surface area contributed by atoms with Gasteiger partial charge in [-0.05, 0) is 45.7 Å². The maximum Gasteiger partial charge on any atom is 0.407 e. The Hall–Kier alpha value is -3.03. The zero-order valence-corrected chi connectivity index (χ0v) is 18.3. The maximum absolute atomic E-state index is 12.1. The molecule has 1 aromatic heterocycles. The number of guanidine groups is 1. The summed E-state index contributed by atoms with van der Waals surface area (Å²) >= 11 is 0. The maximum atomic E-state index is 12.1. The fourth-order valence-corrected chi connectivity index (χ4v) is 3.43. The summed E-state index contributed by atoms with van der Waals surface area (Å²) in [5.41, 5.74) is 1.69. The van der Waals surface area contributed by atoms with Crippen molar-refractivity contribution in [2.24, 2.45) is 4.99 Å². The first kappa shape index (κ1) is 21.7. The fourth-order valence-electron chi connectivity index (χ4n) is 3.43. The number of hydrogen-bond donors (Lipinski definition) is 2. The Labute approximate surface area is 178 Å². The molecule has 3 rings (SSSR count). The van der Waals surface area contributed by atoms with Gasteiger partial charge in [0.15, 0.2) is 5.96 Å². The topological polar surface area (TPSA) is 83.8 Å². The van der Waals surface area contributed by atoms with Gasteiger partial charge in [0.25, 0.3) is 0 Å². The summed E-state index contributed by atoms with van der Waals surface area (Å²) in [5.74, 6) is 0.853. The van der Waals surface area contributed by atoms with Crippen LogP contribution in [0.1, 0.15) is 39.7 Å². The number of nitrogens with one attached hydrogen (secondary N) is 2. The van der Waals surface area contributed by atoms with E-state index in [1.807, 2.05) is 43.7 Å². The lowest BCUT2D eigenvalue weighted by Crippen LogP contribution is -2.44. The SMILES string of the molecule is CCNC(=NCc1ccccc1-n1ccnc1)N1CCC(NC(=O)OC(C)(C)C)C1. The van der Waals surface area contributed by atoms with E-state index in [9.17, 15) is 4.79 Å². The third kappa shape index (κ3) is 5.98. The van der Waals surface area contributed by atoms with Crippen LogP contribution in [-0.4, -0.2) is 57.8 Å². The van der Waals surface area contributed by atoms with Gasteiger partial charge in [-0.1, -0.05) is 18.2 Å². The molecular formula is C22H32N6O2. The van der Waals surface area contributed by atoms with Crippen LogP contribution in [0.3, 0.4) is 0 Å². The number of aromatic nitrogens is 2. The van der Waals surface area contributed by atoms with E-state index in [1.54, 1.807) is 12.5 Å². The molecule has 1 aliphatic heterocycles. The number of rotatable bonds is 5. The first-order chi connectivity index (χ1) is 14.4. The second-order valence-electron chi connectivity index (χ2n) is 8.35. The normalized spacial score (nSPS) is 17.1. The molecule has 1 aliphatic rings. The number of likely N-dealkylation sites (tertiary alicyclic amines) is 1. The van der Waals surface area contributed by atoms with Crippen LogP contribution < -0.4 is 10.6 Å². The molecule has 0 bridgehead atoms. The van der Waals surface area contributed by atoms with Crippen molar-refractivity contribution in [1.29, 1.82) is 0 Å². The van der Waals surface area contributed by atoms with Crippen molar-refractivity contribution in [1.82, 2.24) is 25.1 Å². The minimum Gasteiger partial charge on any atom is -0.444 e. The van der Waals surface area contributed by atoms with Crippen LogP contribution in [0, 0.1) is 0 Å². The van der Waals surface area contributed by atoms with Gasteiger partial charge in [-0.15, -0.1) is 0 Å². The Morgan fingerprint density at radius 3 is 2.83 bits per heavy atom. The molecule has 0 aliphatic carbocycles. The second-order valence-corrected chi connectivity index (χ2v) is 8.35. The number of carbonyl (C=O) groups is 1. The third-order valence-electron chi connectivity index (χ3n) is 4.72. The zero-order chi connectivity index (χ0) is 21.6. The summed E-state index contributed by atoms with van der Waals surface area (Å²) in [6.07, 6.45) is 5.98. The molecule has 1 fully saturated rings. The number of nitrogens with zero attached hydrogens (tertiary/aromatic N) is 4. The van der Waals surface area contributed by atoms with E-state index in [1.165, 1.54) is 0 Å². The minimum atomic E-state index is -0.499. The summed E-state index contributed by atoms with van der Waals surface area (Å²) in [5, 5.41) is 6.34. The molecule has 8 nitrogen and oxygen atoms in total. The highest BCUT2D eigenvalue weighted by Gasteiger charge is 2.27. The summed E-state index contributed by atoms with van der Waals surface area (Å²) in [6, 6.07) is 8.23. The van der Waals surface area contributed by atoms with E-state index < -0.39 is 5.60 Å².